The normalized spacial score (nSPS) is 14.0. The first-order valence-electron chi connectivity index (χ1n) is 21.7. The van der Waals surface area contributed by atoms with Gasteiger partial charge in [0.2, 0.25) is 0 Å². The number of rotatable bonds is 7. The van der Waals surface area contributed by atoms with Gasteiger partial charge in [0.25, 0.3) is 0 Å². The Morgan fingerprint density at radius 1 is 0.438 bits per heavy atom. The van der Waals surface area contributed by atoms with E-state index in [4.69, 9.17) is 0 Å². The molecule has 5 heterocycles. The van der Waals surface area contributed by atoms with E-state index < -0.39 is 0 Å². The second-order valence-corrected chi connectivity index (χ2v) is 17.3. The highest BCUT2D eigenvalue weighted by Gasteiger charge is 2.36. The summed E-state index contributed by atoms with van der Waals surface area (Å²) in [6.07, 6.45) is 24.7. The van der Waals surface area contributed by atoms with Gasteiger partial charge in [-0.25, -0.2) is 19.9 Å². The molecule has 7 heteroatoms. The largest absolute Gasteiger partial charge is 0.309 e. The molecule has 0 unspecified atom stereocenters. The van der Waals surface area contributed by atoms with E-state index in [2.05, 4.69) is 176 Å². The minimum atomic E-state index is -0.137. The first-order chi connectivity index (χ1) is 31.5. The number of nitrogens with zero attached hydrogens (tertiary/aromatic N) is 7. The lowest BCUT2D eigenvalue weighted by atomic mass is 9.82. The molecule has 10 aromatic rings. The topological polar surface area (TPSA) is 82.3 Å². The second kappa shape index (κ2) is 15.0. The number of para-hydroxylation sites is 1. The third-order valence-corrected chi connectivity index (χ3v) is 13.2. The average Bonchev–Trinajstić information content (AvgIpc) is 3.81. The first-order valence-corrected chi connectivity index (χ1v) is 21.7. The standard InChI is InChI=1S/C57H41N7/c1-57(2)53-15-5-3-13-49(53)51-24-52-50-14-4-6-16-55(50)64(56(52)25-54(51)57)48-22-40(36-9-7-11-38(17-36)42-20-44(28-58-26-42)46-30-60-34-61-31-46)19-41(23-48)37-10-8-12-39(18-37)43-21-45(29-59-27-43)47-32-62-35-63-33-47/h3-7,9-11,13-35H,8,12H2,1-2H3. The van der Waals surface area contributed by atoms with E-state index in [0.29, 0.717) is 0 Å². The van der Waals surface area contributed by atoms with Crippen LogP contribution >= 0.6 is 0 Å². The summed E-state index contributed by atoms with van der Waals surface area (Å²) < 4.78 is 2.49. The quantitative estimate of drug-likeness (QED) is 0.159. The van der Waals surface area contributed by atoms with Crippen molar-refractivity contribution in [3.63, 3.8) is 0 Å². The van der Waals surface area contributed by atoms with Gasteiger partial charge in [-0.2, -0.15) is 0 Å². The lowest BCUT2D eigenvalue weighted by Gasteiger charge is -2.22. The molecule has 0 fully saturated rings. The Morgan fingerprint density at radius 2 is 1.03 bits per heavy atom. The third-order valence-electron chi connectivity index (χ3n) is 13.2. The molecule has 0 saturated heterocycles. The second-order valence-electron chi connectivity index (χ2n) is 17.3. The predicted octanol–water partition coefficient (Wildman–Crippen LogP) is 13.4. The fourth-order valence-corrected chi connectivity index (χ4v) is 9.95. The van der Waals surface area contributed by atoms with Gasteiger partial charge >= 0.3 is 0 Å². The van der Waals surface area contributed by atoms with Gasteiger partial charge in [-0.1, -0.05) is 86.7 Å². The Balaban J connectivity index is 1.04. The molecular formula is C57H41N7. The highest BCUT2D eigenvalue weighted by atomic mass is 15.0. The molecular weight excluding hydrogens is 783 g/mol. The molecule has 2 aliphatic rings. The molecule has 2 aliphatic carbocycles. The van der Waals surface area contributed by atoms with Crippen LogP contribution in [0.15, 0.2) is 190 Å². The van der Waals surface area contributed by atoms with E-state index >= 15 is 0 Å². The highest BCUT2D eigenvalue weighted by Crippen LogP contribution is 2.51. The lowest BCUT2D eigenvalue weighted by Crippen LogP contribution is -2.15. The van der Waals surface area contributed by atoms with E-state index in [1.807, 2.05) is 49.6 Å². The van der Waals surface area contributed by atoms with Crippen molar-refractivity contribution in [2.45, 2.75) is 32.1 Å². The van der Waals surface area contributed by atoms with E-state index in [-0.39, 0.29) is 5.41 Å². The van der Waals surface area contributed by atoms with Crippen LogP contribution in [-0.4, -0.2) is 34.5 Å². The summed E-state index contributed by atoms with van der Waals surface area (Å²) in [6, 6.07) is 42.9. The molecule has 0 saturated carbocycles. The summed E-state index contributed by atoms with van der Waals surface area (Å²) >= 11 is 0. The van der Waals surface area contributed by atoms with Crippen molar-refractivity contribution in [1.82, 2.24) is 34.5 Å². The molecule has 0 spiro atoms. The number of pyridine rings is 2. The van der Waals surface area contributed by atoms with Crippen LogP contribution < -0.4 is 0 Å². The summed E-state index contributed by atoms with van der Waals surface area (Å²) in [4.78, 5) is 26.3. The number of hydrogen-bond acceptors (Lipinski definition) is 6. The summed E-state index contributed by atoms with van der Waals surface area (Å²) in [5.74, 6) is 0. The van der Waals surface area contributed by atoms with E-state index in [1.165, 1.54) is 55.2 Å². The number of allylic oxidation sites excluding steroid dienone is 4. The number of hydrogen-bond donors (Lipinski definition) is 0. The monoisotopic (exact) mass is 823 g/mol. The maximum absolute atomic E-state index is 4.67. The van der Waals surface area contributed by atoms with Gasteiger partial charge in [0.1, 0.15) is 12.7 Å². The fraction of sp³-hybridized carbons (Fsp3) is 0.0877. The van der Waals surface area contributed by atoms with Crippen LogP contribution in [0.4, 0.5) is 0 Å². The molecule has 0 bridgehead atoms. The van der Waals surface area contributed by atoms with Gasteiger partial charge in [-0.15, -0.1) is 0 Å². The highest BCUT2D eigenvalue weighted by molar-refractivity contribution is 6.12. The van der Waals surface area contributed by atoms with Crippen LogP contribution in [0, 0.1) is 0 Å². The minimum absolute atomic E-state index is 0.137. The Hall–Kier alpha value is -8.16. The number of benzene rings is 5. The molecule has 0 atom stereocenters. The van der Waals surface area contributed by atoms with Crippen LogP contribution in [0.3, 0.4) is 0 Å². The summed E-state index contributed by atoms with van der Waals surface area (Å²) in [5.41, 5.74) is 21.6. The van der Waals surface area contributed by atoms with Crippen LogP contribution in [0.2, 0.25) is 0 Å². The van der Waals surface area contributed by atoms with Crippen molar-refractivity contribution in [1.29, 1.82) is 0 Å². The van der Waals surface area contributed by atoms with Gasteiger partial charge in [-0.05, 0) is 129 Å². The lowest BCUT2D eigenvalue weighted by molar-refractivity contribution is 0.661. The van der Waals surface area contributed by atoms with Crippen molar-refractivity contribution in [3.8, 4) is 61.3 Å². The van der Waals surface area contributed by atoms with Crippen LogP contribution in [0.5, 0.6) is 0 Å². The van der Waals surface area contributed by atoms with Crippen LogP contribution in [0.25, 0.3) is 94.3 Å². The SMILES string of the molecule is CC1(C)c2ccccc2-c2cc3c4ccccc4n(-c4cc(C5=CCCC(c6cncc(-c7cncnc7)c6)=C5)cc(-c5cccc(-c6cncc(-c7cncnc7)c6)c5)c4)c3cc21. The molecule has 5 aromatic carbocycles. The van der Waals surface area contributed by atoms with Gasteiger partial charge in [0.05, 0.1) is 11.0 Å². The van der Waals surface area contributed by atoms with E-state index in [0.717, 1.165) is 74.2 Å². The Labute approximate surface area is 371 Å². The molecule has 0 aliphatic heterocycles. The molecule has 64 heavy (non-hydrogen) atoms. The smallest absolute Gasteiger partial charge is 0.115 e. The fourth-order valence-electron chi connectivity index (χ4n) is 9.95. The number of fused-ring (bicyclic) bond motifs is 6. The minimum Gasteiger partial charge on any atom is -0.309 e. The van der Waals surface area contributed by atoms with Crippen molar-refractivity contribution >= 4 is 33.0 Å². The molecule has 12 rings (SSSR count). The maximum Gasteiger partial charge on any atom is 0.115 e. The summed E-state index contributed by atoms with van der Waals surface area (Å²) in [7, 11) is 0. The zero-order chi connectivity index (χ0) is 42.8. The van der Waals surface area contributed by atoms with Gasteiger partial charge < -0.3 is 4.57 Å². The zero-order valence-corrected chi connectivity index (χ0v) is 35.4. The Morgan fingerprint density at radius 3 is 1.80 bits per heavy atom. The van der Waals surface area contributed by atoms with Crippen molar-refractivity contribution in [2.75, 3.05) is 0 Å². The van der Waals surface area contributed by atoms with E-state index in [9.17, 15) is 0 Å². The molecule has 7 nitrogen and oxygen atoms in total. The molecule has 0 amide bonds. The first kappa shape index (κ1) is 37.6. The van der Waals surface area contributed by atoms with Crippen molar-refractivity contribution in [2.24, 2.45) is 0 Å². The number of aromatic nitrogens is 7. The summed E-state index contributed by atoms with van der Waals surface area (Å²) in [5, 5.41) is 2.49. The Bertz CT molecular complexity index is 3530. The van der Waals surface area contributed by atoms with Gasteiger partial charge in [0.15, 0.2) is 0 Å². The molecule has 0 N–H and O–H groups in total. The van der Waals surface area contributed by atoms with Crippen LogP contribution in [-0.2, 0) is 5.41 Å². The molecule has 5 aromatic heterocycles. The third kappa shape index (κ3) is 6.35. The molecule has 304 valence electrons. The Kier molecular flexibility index (Phi) is 8.83. The van der Waals surface area contributed by atoms with Crippen LogP contribution in [0.1, 0.15) is 48.9 Å². The van der Waals surface area contributed by atoms with Gasteiger partial charge in [0, 0.05) is 99.3 Å². The van der Waals surface area contributed by atoms with Crippen molar-refractivity contribution < 1.29 is 0 Å². The van der Waals surface area contributed by atoms with Gasteiger partial charge in [-0.3, -0.25) is 9.97 Å². The van der Waals surface area contributed by atoms with Crippen molar-refractivity contribution in [3.05, 3.63) is 212 Å². The maximum atomic E-state index is 4.67. The zero-order valence-electron chi connectivity index (χ0n) is 35.4. The van der Waals surface area contributed by atoms with E-state index in [1.54, 1.807) is 12.7 Å². The molecule has 0 radical (unpaired) electrons. The summed E-state index contributed by atoms with van der Waals surface area (Å²) in [6.45, 7) is 4.72. The predicted molar refractivity (Wildman–Crippen MR) is 258 cm³/mol. The average molecular weight is 824 g/mol.